The first-order valence-corrected chi connectivity index (χ1v) is 11.4. The summed E-state index contributed by atoms with van der Waals surface area (Å²) < 4.78 is 0. The van der Waals surface area contributed by atoms with Crippen LogP contribution < -0.4 is 5.32 Å². The Kier molecular flexibility index (Phi) is 25.4. The monoisotopic (exact) mass is 421 g/mol. The van der Waals surface area contributed by atoms with Crippen molar-refractivity contribution in [2.75, 3.05) is 6.54 Å². The van der Waals surface area contributed by atoms with E-state index < -0.39 is 18.0 Å². The Morgan fingerprint density at radius 3 is 1.76 bits per heavy atom. The van der Waals surface area contributed by atoms with Crippen molar-refractivity contribution in [2.45, 2.75) is 116 Å². The molecule has 0 saturated carbocycles. The van der Waals surface area contributed by atoms with Crippen molar-refractivity contribution in [2.24, 2.45) is 0 Å². The molecule has 0 aromatic carbocycles. The Bertz CT molecular complexity index is 416. The van der Waals surface area contributed by atoms with Crippen LogP contribution in [0.5, 0.6) is 0 Å². The third kappa shape index (κ3) is 23.8. The zero-order valence-electron chi connectivity index (χ0n) is 18.0. The summed E-state index contributed by atoms with van der Waals surface area (Å²) >= 11 is 0. The van der Waals surface area contributed by atoms with Gasteiger partial charge in [-0.2, -0.15) is 0 Å². The molecule has 0 bridgehead atoms. The van der Waals surface area contributed by atoms with Crippen molar-refractivity contribution in [1.29, 1.82) is 0 Å². The van der Waals surface area contributed by atoms with Crippen LogP contribution in [0.25, 0.3) is 0 Å². The van der Waals surface area contributed by atoms with Crippen molar-refractivity contribution in [3.63, 3.8) is 0 Å². The van der Waals surface area contributed by atoms with Crippen LogP contribution in [0.3, 0.4) is 0 Å². The third-order valence-corrected chi connectivity index (χ3v) is 5.02. The number of rotatable bonds is 21. The molecule has 29 heavy (non-hydrogen) atoms. The van der Waals surface area contributed by atoms with E-state index >= 15 is 0 Å². The number of hydrogen-bond donors (Lipinski definition) is 3. The van der Waals surface area contributed by atoms with E-state index in [1.165, 1.54) is 77.0 Å². The SMILES string of the molecule is CCCCCCCC/C=C\CCCCCCCCN[C@H](CCC(=O)O)C(=O)O.[NaH]. The number of aliphatic carboxylic acids is 2. The fraction of sp³-hybridized carbons (Fsp3) is 0.826. The van der Waals surface area contributed by atoms with E-state index in [-0.39, 0.29) is 42.4 Å². The van der Waals surface area contributed by atoms with E-state index in [0.717, 1.165) is 12.8 Å². The van der Waals surface area contributed by atoms with E-state index in [4.69, 9.17) is 10.2 Å². The van der Waals surface area contributed by atoms with Crippen LogP contribution in [-0.4, -0.2) is 64.3 Å². The molecule has 0 aromatic rings. The van der Waals surface area contributed by atoms with E-state index in [1.54, 1.807) is 0 Å². The first-order valence-electron chi connectivity index (χ1n) is 11.4. The first-order chi connectivity index (χ1) is 13.6. The Morgan fingerprint density at radius 2 is 1.28 bits per heavy atom. The van der Waals surface area contributed by atoms with Crippen molar-refractivity contribution in [3.05, 3.63) is 12.2 Å². The molecule has 0 aliphatic heterocycles. The Balaban J connectivity index is 0. The predicted octanol–water partition coefficient (Wildman–Crippen LogP) is 5.28. The molecule has 0 unspecified atom stereocenters. The maximum absolute atomic E-state index is 11.1. The number of nitrogens with one attached hydrogen (secondary N) is 1. The number of carbonyl (C=O) groups is 2. The Hall–Kier alpha value is -0.360. The summed E-state index contributed by atoms with van der Waals surface area (Å²) in [7, 11) is 0. The van der Waals surface area contributed by atoms with Crippen molar-refractivity contribution in [3.8, 4) is 0 Å². The van der Waals surface area contributed by atoms with Crippen molar-refractivity contribution < 1.29 is 19.8 Å². The Morgan fingerprint density at radius 1 is 0.793 bits per heavy atom. The van der Waals surface area contributed by atoms with Gasteiger partial charge in [-0.25, -0.2) is 0 Å². The fourth-order valence-electron chi connectivity index (χ4n) is 3.23. The zero-order valence-corrected chi connectivity index (χ0v) is 18.0. The summed E-state index contributed by atoms with van der Waals surface area (Å²) in [6.07, 6.45) is 22.2. The van der Waals surface area contributed by atoms with Crippen LogP contribution in [0.4, 0.5) is 0 Å². The van der Waals surface area contributed by atoms with Gasteiger partial charge in [-0.15, -0.1) is 0 Å². The topological polar surface area (TPSA) is 86.6 Å². The second-order valence-corrected chi connectivity index (χ2v) is 7.72. The molecule has 5 nitrogen and oxygen atoms in total. The maximum atomic E-state index is 11.1. The molecule has 0 spiro atoms. The summed E-state index contributed by atoms with van der Waals surface area (Å²) in [6.45, 7) is 2.89. The second-order valence-electron chi connectivity index (χ2n) is 7.72. The van der Waals surface area contributed by atoms with Crippen molar-refractivity contribution in [1.82, 2.24) is 5.32 Å². The van der Waals surface area contributed by atoms with Gasteiger partial charge < -0.3 is 15.5 Å². The fourth-order valence-corrected chi connectivity index (χ4v) is 3.23. The first kappa shape index (κ1) is 30.8. The van der Waals surface area contributed by atoms with Gasteiger partial charge in [-0.1, -0.05) is 76.9 Å². The second kappa shape index (κ2) is 23.9. The normalized spacial score (nSPS) is 12.0. The van der Waals surface area contributed by atoms with E-state index in [0.29, 0.717) is 6.54 Å². The number of unbranched alkanes of at least 4 members (excludes halogenated alkanes) is 12. The molecule has 0 fully saturated rings. The van der Waals surface area contributed by atoms with Crippen LogP contribution in [0.15, 0.2) is 12.2 Å². The summed E-state index contributed by atoms with van der Waals surface area (Å²) in [6, 6.07) is -0.751. The average molecular weight is 422 g/mol. The van der Waals surface area contributed by atoms with Crippen molar-refractivity contribution >= 4 is 41.5 Å². The van der Waals surface area contributed by atoms with Gasteiger partial charge in [0.25, 0.3) is 0 Å². The summed E-state index contributed by atoms with van der Waals surface area (Å²) in [5.74, 6) is -1.92. The molecule has 0 aromatic heterocycles. The van der Waals surface area contributed by atoms with Gasteiger partial charge in [0.2, 0.25) is 0 Å². The molecule has 0 rings (SSSR count). The number of carboxylic acids is 2. The minimum absolute atomic E-state index is 0. The van der Waals surface area contributed by atoms with Crippen LogP contribution in [0.2, 0.25) is 0 Å². The molecule has 0 amide bonds. The zero-order chi connectivity index (χ0) is 20.9. The van der Waals surface area contributed by atoms with E-state index in [9.17, 15) is 9.59 Å². The Labute approximate surface area is 200 Å². The number of allylic oxidation sites excluding steroid dienone is 2. The van der Waals surface area contributed by atoms with Gasteiger partial charge in [0.05, 0.1) is 0 Å². The molecule has 0 aliphatic rings. The van der Waals surface area contributed by atoms with Gasteiger partial charge in [0.1, 0.15) is 6.04 Å². The summed E-state index contributed by atoms with van der Waals surface area (Å²) in [4.78, 5) is 21.6. The standard InChI is InChI=1S/C23H43NO4.Na.H/c1-2-3-4-5-6-7-8-9-10-11-12-13-14-15-16-17-20-24-21(23(27)28)18-19-22(25)26;;/h9-10,21,24H,2-8,11-20H2,1H3,(H,25,26)(H,27,28);;/b10-9-;;/t21-;;/m1../s1. The van der Waals surface area contributed by atoms with Gasteiger partial charge in [-0.3, -0.25) is 9.59 Å². The minimum atomic E-state index is -0.967. The van der Waals surface area contributed by atoms with Crippen LogP contribution in [-0.2, 0) is 9.59 Å². The van der Waals surface area contributed by atoms with Crippen LogP contribution in [0, 0.1) is 0 Å². The van der Waals surface area contributed by atoms with Gasteiger partial charge >= 0.3 is 41.5 Å². The van der Waals surface area contributed by atoms with Crippen LogP contribution in [0.1, 0.15) is 110 Å². The molecule has 1 atom stereocenters. The molecule has 6 heteroatoms. The molecule has 0 heterocycles. The van der Waals surface area contributed by atoms with Crippen LogP contribution >= 0.6 is 0 Å². The van der Waals surface area contributed by atoms with Gasteiger partial charge in [-0.05, 0) is 45.1 Å². The van der Waals surface area contributed by atoms with Gasteiger partial charge in [0.15, 0.2) is 0 Å². The number of carboxylic acid groups (broad SMARTS) is 2. The summed E-state index contributed by atoms with van der Waals surface area (Å²) in [5, 5.41) is 20.7. The quantitative estimate of drug-likeness (QED) is 0.133. The molecule has 0 saturated heterocycles. The molecule has 0 radical (unpaired) electrons. The third-order valence-electron chi connectivity index (χ3n) is 5.02. The molecule has 0 aliphatic carbocycles. The average Bonchev–Trinajstić information content (AvgIpc) is 2.66. The molecular formula is C23H44NNaO4. The van der Waals surface area contributed by atoms with E-state index in [1.807, 2.05) is 0 Å². The predicted molar refractivity (Wildman–Crippen MR) is 123 cm³/mol. The number of hydrogen-bond acceptors (Lipinski definition) is 3. The molecule has 3 N–H and O–H groups in total. The summed E-state index contributed by atoms with van der Waals surface area (Å²) in [5.41, 5.74) is 0. The molecular weight excluding hydrogens is 377 g/mol. The van der Waals surface area contributed by atoms with E-state index in [2.05, 4.69) is 24.4 Å². The van der Waals surface area contributed by atoms with Gasteiger partial charge in [0, 0.05) is 6.42 Å². The molecule has 166 valence electrons.